The molecule has 12 heteroatoms. The Morgan fingerprint density at radius 1 is 0.429 bits per heavy atom. The molecule has 0 atom stereocenters. The molecule has 0 radical (unpaired) electrons. The zero-order valence-electron chi connectivity index (χ0n) is 22.4. The van der Waals surface area contributed by atoms with E-state index in [1.165, 1.54) is 0 Å². The first-order valence-electron chi connectivity index (χ1n) is 12.0. The van der Waals surface area contributed by atoms with Crippen molar-refractivity contribution in [3.8, 4) is 23.0 Å². The van der Waals surface area contributed by atoms with Crippen molar-refractivity contribution in [2.24, 2.45) is 0 Å². The van der Waals surface area contributed by atoms with Gasteiger partial charge in [0, 0.05) is 16.4 Å². The summed E-state index contributed by atoms with van der Waals surface area (Å²) < 4.78 is 0. The van der Waals surface area contributed by atoms with Crippen LogP contribution in [0.3, 0.4) is 0 Å². The number of aromatic hydroxyl groups is 4. The summed E-state index contributed by atoms with van der Waals surface area (Å²) in [7, 11) is 0. The Bertz CT molecular complexity index is 1520. The number of benzene rings is 4. The molecule has 0 aliphatic heterocycles. The van der Waals surface area contributed by atoms with Crippen LogP contribution in [-0.4, -0.2) is 20.4 Å². The molecule has 42 heavy (non-hydrogen) atoms. The Kier molecular flexibility index (Phi) is 10.9. The van der Waals surface area contributed by atoms with E-state index in [1.807, 2.05) is 27.7 Å². The summed E-state index contributed by atoms with van der Waals surface area (Å²) in [6, 6.07) is 13.2. The van der Waals surface area contributed by atoms with Gasteiger partial charge in [-0.1, -0.05) is 133 Å². The molecule has 0 aliphatic rings. The van der Waals surface area contributed by atoms with Crippen LogP contribution in [0.25, 0.3) is 0 Å². The summed E-state index contributed by atoms with van der Waals surface area (Å²) in [4.78, 5) is 0. The lowest BCUT2D eigenvalue weighted by atomic mass is 9.78. The first kappa shape index (κ1) is 34.9. The van der Waals surface area contributed by atoms with Gasteiger partial charge < -0.3 is 20.4 Å². The average molecular weight is 732 g/mol. The molecule has 0 unspecified atom stereocenters. The smallest absolute Gasteiger partial charge is 0.155 e. The minimum atomic E-state index is -0.622. The largest absolute Gasteiger partial charge is 0.508 e. The third kappa shape index (κ3) is 6.87. The second-order valence-electron chi connectivity index (χ2n) is 10.4. The molecule has 4 rings (SSSR count). The zero-order valence-corrected chi connectivity index (χ0v) is 28.5. The van der Waals surface area contributed by atoms with Crippen LogP contribution in [0.5, 0.6) is 23.0 Å². The highest BCUT2D eigenvalue weighted by Gasteiger charge is 2.33. The normalized spacial score (nSPS) is 11.7. The topological polar surface area (TPSA) is 80.9 Å². The third-order valence-corrected chi connectivity index (χ3v) is 9.77. The number of hydrogen-bond donors (Lipinski definition) is 4. The molecule has 4 aromatic carbocycles. The first-order chi connectivity index (χ1) is 19.3. The van der Waals surface area contributed by atoms with E-state index in [9.17, 15) is 20.4 Å². The molecule has 0 aromatic heterocycles. The lowest BCUT2D eigenvalue weighted by Gasteiger charge is -2.29. The van der Waals surface area contributed by atoms with Crippen molar-refractivity contribution in [2.75, 3.05) is 0 Å². The fourth-order valence-corrected chi connectivity index (χ4v) is 6.50. The van der Waals surface area contributed by atoms with Crippen LogP contribution in [0.2, 0.25) is 40.2 Å². The van der Waals surface area contributed by atoms with Crippen molar-refractivity contribution in [1.82, 2.24) is 0 Å². The quantitative estimate of drug-likeness (QED) is 0.158. The summed E-state index contributed by atoms with van der Waals surface area (Å²) in [6.07, 6.45) is 0. The predicted octanol–water partition coefficient (Wildman–Crippen LogP) is 12.1. The van der Waals surface area contributed by atoms with Crippen LogP contribution >= 0.6 is 92.8 Å². The maximum absolute atomic E-state index is 9.80. The molecule has 0 amide bonds. The Hall–Kier alpha value is -1.60. The first-order valence-corrected chi connectivity index (χ1v) is 15.1. The molecule has 0 bridgehead atoms. The summed E-state index contributed by atoms with van der Waals surface area (Å²) in [5.41, 5.74) is 1.80. The lowest BCUT2D eigenvalue weighted by molar-refractivity contribution is 0.473. The standard InChI is InChI=1S/2C15H12Cl4O2/c1-15(2,7-3-9(16)13(20)10(17)4-7)8-5-11(18)14(21)12(19)6-8;1-15(2,7-3-5-8(20)6-4-7)9-10(16)12(18)14(21)13(19)11(9)17/h2*3-6,20-21H,1-2H3. The van der Waals surface area contributed by atoms with Gasteiger partial charge >= 0.3 is 0 Å². The molecular weight excluding hydrogens is 708 g/mol. The van der Waals surface area contributed by atoms with E-state index in [0.29, 0.717) is 5.56 Å². The summed E-state index contributed by atoms with van der Waals surface area (Å²) in [5.74, 6) is -0.480. The van der Waals surface area contributed by atoms with E-state index in [4.69, 9.17) is 92.8 Å². The van der Waals surface area contributed by atoms with E-state index in [0.717, 1.165) is 16.7 Å². The van der Waals surface area contributed by atoms with E-state index in [-0.39, 0.29) is 63.2 Å². The third-order valence-electron chi connectivity index (χ3n) is 6.93. The minimum absolute atomic E-state index is 0.0343. The second kappa shape index (κ2) is 13.2. The van der Waals surface area contributed by atoms with Gasteiger partial charge in [-0.05, 0) is 53.1 Å². The van der Waals surface area contributed by atoms with Gasteiger partial charge in [-0.2, -0.15) is 0 Å². The van der Waals surface area contributed by atoms with Gasteiger partial charge in [-0.15, -0.1) is 0 Å². The molecule has 0 saturated heterocycles. The van der Waals surface area contributed by atoms with Crippen molar-refractivity contribution in [3.63, 3.8) is 0 Å². The highest BCUT2D eigenvalue weighted by atomic mass is 35.5. The molecule has 0 aliphatic carbocycles. The van der Waals surface area contributed by atoms with Crippen LogP contribution < -0.4 is 0 Å². The molecule has 0 saturated carbocycles. The SMILES string of the molecule is CC(C)(c1cc(Cl)c(O)c(Cl)c1)c1cc(Cl)c(O)c(Cl)c1.CC(C)(c1ccc(O)cc1)c1c(Cl)c(Cl)c(O)c(Cl)c1Cl. The Labute approximate surface area is 283 Å². The van der Waals surface area contributed by atoms with Crippen molar-refractivity contribution < 1.29 is 20.4 Å². The Balaban J connectivity index is 0.000000230. The number of hydrogen-bond acceptors (Lipinski definition) is 4. The predicted molar refractivity (Wildman–Crippen MR) is 177 cm³/mol. The van der Waals surface area contributed by atoms with Gasteiger partial charge in [-0.25, -0.2) is 0 Å². The second-order valence-corrected chi connectivity index (χ2v) is 13.5. The maximum atomic E-state index is 9.80. The number of rotatable bonds is 4. The fraction of sp³-hybridized carbons (Fsp3) is 0.200. The Morgan fingerprint density at radius 2 is 0.762 bits per heavy atom. The van der Waals surface area contributed by atoms with Crippen molar-refractivity contribution >= 4 is 92.8 Å². The van der Waals surface area contributed by atoms with E-state index in [1.54, 1.807) is 48.5 Å². The Morgan fingerprint density at radius 3 is 1.10 bits per heavy atom. The highest BCUT2D eigenvalue weighted by molar-refractivity contribution is 6.49. The highest BCUT2D eigenvalue weighted by Crippen LogP contribution is 2.51. The van der Waals surface area contributed by atoms with Crippen LogP contribution in [0.1, 0.15) is 49.9 Å². The van der Waals surface area contributed by atoms with E-state index < -0.39 is 10.8 Å². The monoisotopic (exact) mass is 728 g/mol. The molecule has 0 fully saturated rings. The molecular formula is C30H24Cl8O4. The summed E-state index contributed by atoms with van der Waals surface area (Å²) >= 11 is 48.4. The molecule has 224 valence electrons. The molecule has 0 heterocycles. The van der Waals surface area contributed by atoms with Crippen LogP contribution in [0, 0.1) is 0 Å². The van der Waals surface area contributed by atoms with Gasteiger partial charge in [-0.3, -0.25) is 0 Å². The van der Waals surface area contributed by atoms with E-state index in [2.05, 4.69) is 0 Å². The van der Waals surface area contributed by atoms with Gasteiger partial charge in [0.2, 0.25) is 0 Å². The summed E-state index contributed by atoms with van der Waals surface area (Å²) in [6.45, 7) is 7.67. The molecule has 4 N–H and O–H groups in total. The number of phenols is 4. The van der Waals surface area contributed by atoms with Gasteiger partial charge in [0.15, 0.2) is 17.2 Å². The van der Waals surface area contributed by atoms with Crippen LogP contribution in [0.4, 0.5) is 0 Å². The van der Waals surface area contributed by atoms with Gasteiger partial charge in [0.1, 0.15) is 15.8 Å². The van der Waals surface area contributed by atoms with Gasteiger partial charge in [0.05, 0.1) is 30.1 Å². The zero-order chi connectivity index (χ0) is 31.9. The number of phenolic OH excluding ortho intramolecular Hbond substituents is 4. The molecule has 0 spiro atoms. The molecule has 4 nitrogen and oxygen atoms in total. The minimum Gasteiger partial charge on any atom is -0.508 e. The van der Waals surface area contributed by atoms with Crippen LogP contribution in [-0.2, 0) is 10.8 Å². The molecule has 4 aromatic rings. The van der Waals surface area contributed by atoms with E-state index >= 15 is 0 Å². The fourth-order valence-electron chi connectivity index (χ4n) is 4.21. The van der Waals surface area contributed by atoms with Gasteiger partial charge in [0.25, 0.3) is 0 Å². The van der Waals surface area contributed by atoms with Crippen LogP contribution in [0.15, 0.2) is 48.5 Å². The average Bonchev–Trinajstić information content (AvgIpc) is 2.92. The van der Waals surface area contributed by atoms with Crippen molar-refractivity contribution in [3.05, 3.63) is 111 Å². The number of halogens is 8. The van der Waals surface area contributed by atoms with Crippen molar-refractivity contribution in [1.29, 1.82) is 0 Å². The van der Waals surface area contributed by atoms with Crippen molar-refractivity contribution in [2.45, 2.75) is 38.5 Å². The maximum Gasteiger partial charge on any atom is 0.155 e. The summed E-state index contributed by atoms with van der Waals surface area (Å²) in [5, 5.41) is 39.4. The lowest BCUT2D eigenvalue weighted by Crippen LogP contribution is -2.20.